The molecule has 1 aliphatic rings. The Morgan fingerprint density at radius 3 is 2.81 bits per heavy atom. The van der Waals surface area contributed by atoms with Crippen LogP contribution >= 0.6 is 0 Å². The third kappa shape index (κ3) is 3.03. The quantitative estimate of drug-likeness (QED) is 0.834. The van der Waals surface area contributed by atoms with Crippen molar-refractivity contribution in [1.29, 1.82) is 0 Å². The lowest BCUT2D eigenvalue weighted by Crippen LogP contribution is -2.46. The van der Waals surface area contributed by atoms with E-state index in [0.717, 1.165) is 13.1 Å². The summed E-state index contributed by atoms with van der Waals surface area (Å²) in [6, 6.07) is 4.17. The van der Waals surface area contributed by atoms with Crippen molar-refractivity contribution in [1.82, 2.24) is 15.2 Å². The van der Waals surface area contributed by atoms with Crippen molar-refractivity contribution in [2.75, 3.05) is 20.1 Å². The van der Waals surface area contributed by atoms with Crippen molar-refractivity contribution in [3.05, 3.63) is 30.1 Å². The highest BCUT2D eigenvalue weighted by atomic mass is 15.1. The summed E-state index contributed by atoms with van der Waals surface area (Å²) in [7, 11) is 2.19. The molecule has 1 aromatic heterocycles. The molecule has 0 aliphatic carbocycles. The van der Waals surface area contributed by atoms with Crippen molar-refractivity contribution < 1.29 is 0 Å². The fourth-order valence-electron chi connectivity index (χ4n) is 2.54. The first-order valence-corrected chi connectivity index (χ1v) is 6.00. The summed E-state index contributed by atoms with van der Waals surface area (Å²) in [5.41, 5.74) is 1.64. The van der Waals surface area contributed by atoms with Gasteiger partial charge in [-0.05, 0) is 51.1 Å². The molecule has 0 spiro atoms. The van der Waals surface area contributed by atoms with Gasteiger partial charge in [0.2, 0.25) is 0 Å². The van der Waals surface area contributed by atoms with Crippen molar-refractivity contribution in [3.8, 4) is 0 Å². The van der Waals surface area contributed by atoms with Crippen LogP contribution in [0.3, 0.4) is 0 Å². The highest BCUT2D eigenvalue weighted by molar-refractivity contribution is 5.09. The highest BCUT2D eigenvalue weighted by Crippen LogP contribution is 2.19. The molecule has 2 rings (SSSR count). The van der Waals surface area contributed by atoms with Gasteiger partial charge in [0.25, 0.3) is 0 Å². The molecule has 3 heteroatoms. The molecule has 1 unspecified atom stereocenters. The number of hydrogen-bond donors (Lipinski definition) is 1. The van der Waals surface area contributed by atoms with Crippen LogP contribution in [0.2, 0.25) is 0 Å². The Balaban J connectivity index is 1.86. The molecule has 0 aromatic carbocycles. The summed E-state index contributed by atoms with van der Waals surface area (Å²) < 4.78 is 0. The molecule has 0 amide bonds. The SMILES string of the molecule is CN(Cc1ccncc1)CC1(C)CCCN1. The van der Waals surface area contributed by atoms with Crippen LogP contribution in [0.5, 0.6) is 0 Å². The molecule has 16 heavy (non-hydrogen) atoms. The third-order valence-electron chi connectivity index (χ3n) is 3.28. The minimum absolute atomic E-state index is 0.307. The molecule has 0 bridgehead atoms. The van der Waals surface area contributed by atoms with Crippen LogP contribution < -0.4 is 5.32 Å². The lowest BCUT2D eigenvalue weighted by Gasteiger charge is -2.30. The predicted molar refractivity (Wildman–Crippen MR) is 66.2 cm³/mol. The molecule has 1 atom stereocenters. The number of nitrogens with one attached hydrogen (secondary N) is 1. The van der Waals surface area contributed by atoms with Crippen LogP contribution in [0, 0.1) is 0 Å². The van der Waals surface area contributed by atoms with Crippen molar-refractivity contribution in [3.63, 3.8) is 0 Å². The first-order valence-electron chi connectivity index (χ1n) is 6.00. The van der Waals surface area contributed by atoms with E-state index >= 15 is 0 Å². The number of pyridine rings is 1. The first kappa shape index (κ1) is 11.6. The zero-order valence-corrected chi connectivity index (χ0v) is 10.2. The van der Waals surface area contributed by atoms with Gasteiger partial charge in [-0.15, -0.1) is 0 Å². The lowest BCUT2D eigenvalue weighted by atomic mass is 10.00. The molecule has 3 nitrogen and oxygen atoms in total. The Morgan fingerprint density at radius 2 is 2.19 bits per heavy atom. The average molecular weight is 219 g/mol. The smallest absolute Gasteiger partial charge is 0.0280 e. The number of likely N-dealkylation sites (N-methyl/N-ethyl adjacent to an activating group) is 1. The Bertz CT molecular complexity index is 317. The van der Waals surface area contributed by atoms with E-state index in [1.807, 2.05) is 12.4 Å². The Labute approximate surface area is 97.9 Å². The van der Waals surface area contributed by atoms with Gasteiger partial charge in [0.15, 0.2) is 0 Å². The van der Waals surface area contributed by atoms with Crippen LogP contribution in [-0.2, 0) is 6.54 Å². The third-order valence-corrected chi connectivity index (χ3v) is 3.28. The molecule has 2 heterocycles. The van der Waals surface area contributed by atoms with E-state index in [1.165, 1.54) is 24.9 Å². The fraction of sp³-hybridized carbons (Fsp3) is 0.615. The molecular weight excluding hydrogens is 198 g/mol. The molecular formula is C13H21N3. The van der Waals surface area contributed by atoms with Crippen LogP contribution in [0.4, 0.5) is 0 Å². The Kier molecular flexibility index (Phi) is 3.56. The van der Waals surface area contributed by atoms with Crippen LogP contribution in [0.1, 0.15) is 25.3 Å². The molecule has 0 saturated carbocycles. The van der Waals surface area contributed by atoms with Gasteiger partial charge in [-0.25, -0.2) is 0 Å². The zero-order valence-electron chi connectivity index (χ0n) is 10.2. The van der Waals surface area contributed by atoms with Crippen LogP contribution in [0.15, 0.2) is 24.5 Å². The van der Waals surface area contributed by atoms with E-state index in [1.54, 1.807) is 0 Å². The number of nitrogens with zero attached hydrogens (tertiary/aromatic N) is 2. The standard InChI is InChI=1S/C13H21N3/c1-13(6-3-7-15-13)11-16(2)10-12-4-8-14-9-5-12/h4-5,8-9,15H,3,6-7,10-11H2,1-2H3. The van der Waals surface area contributed by atoms with Gasteiger partial charge in [-0.1, -0.05) is 0 Å². The fourth-order valence-corrected chi connectivity index (χ4v) is 2.54. The maximum absolute atomic E-state index is 4.04. The molecule has 1 fully saturated rings. The number of rotatable bonds is 4. The van der Waals surface area contributed by atoms with E-state index in [4.69, 9.17) is 0 Å². The molecule has 1 N–H and O–H groups in total. The predicted octanol–water partition coefficient (Wildman–Crippen LogP) is 1.66. The van der Waals surface area contributed by atoms with Crippen molar-refractivity contribution >= 4 is 0 Å². The largest absolute Gasteiger partial charge is 0.310 e. The van der Waals surface area contributed by atoms with Gasteiger partial charge in [-0.2, -0.15) is 0 Å². The van der Waals surface area contributed by atoms with Gasteiger partial charge >= 0.3 is 0 Å². The van der Waals surface area contributed by atoms with Gasteiger partial charge in [0.05, 0.1) is 0 Å². The normalized spacial score (nSPS) is 25.2. The molecule has 88 valence electrons. The summed E-state index contributed by atoms with van der Waals surface area (Å²) in [5, 5.41) is 3.60. The van der Waals surface area contributed by atoms with Crippen molar-refractivity contribution in [2.45, 2.75) is 31.8 Å². The van der Waals surface area contributed by atoms with Gasteiger partial charge in [0.1, 0.15) is 0 Å². The summed E-state index contributed by atoms with van der Waals surface area (Å²) >= 11 is 0. The monoisotopic (exact) mass is 219 g/mol. The first-order chi connectivity index (χ1) is 7.68. The van der Waals surface area contributed by atoms with Gasteiger partial charge in [0, 0.05) is 31.0 Å². The molecule has 0 radical (unpaired) electrons. The van der Waals surface area contributed by atoms with Gasteiger partial charge < -0.3 is 10.2 Å². The second kappa shape index (κ2) is 4.93. The Hall–Kier alpha value is -0.930. The zero-order chi connectivity index (χ0) is 11.4. The number of aromatic nitrogens is 1. The van der Waals surface area contributed by atoms with Crippen molar-refractivity contribution in [2.24, 2.45) is 0 Å². The second-order valence-electron chi connectivity index (χ2n) is 5.12. The summed E-state index contributed by atoms with van der Waals surface area (Å²) in [6.45, 7) is 5.59. The minimum Gasteiger partial charge on any atom is -0.310 e. The second-order valence-corrected chi connectivity index (χ2v) is 5.12. The summed E-state index contributed by atoms with van der Waals surface area (Å²) in [5.74, 6) is 0. The topological polar surface area (TPSA) is 28.2 Å². The van der Waals surface area contributed by atoms with E-state index < -0.39 is 0 Å². The summed E-state index contributed by atoms with van der Waals surface area (Å²) in [4.78, 5) is 6.42. The highest BCUT2D eigenvalue weighted by Gasteiger charge is 2.28. The molecule has 1 aliphatic heterocycles. The Morgan fingerprint density at radius 1 is 1.44 bits per heavy atom. The summed E-state index contributed by atoms with van der Waals surface area (Å²) in [6.07, 6.45) is 6.31. The van der Waals surface area contributed by atoms with E-state index in [0.29, 0.717) is 5.54 Å². The number of hydrogen-bond acceptors (Lipinski definition) is 3. The minimum atomic E-state index is 0.307. The lowest BCUT2D eigenvalue weighted by molar-refractivity contribution is 0.234. The van der Waals surface area contributed by atoms with Crippen LogP contribution in [-0.4, -0.2) is 35.6 Å². The molecule has 1 saturated heterocycles. The van der Waals surface area contributed by atoms with Gasteiger partial charge in [-0.3, -0.25) is 4.98 Å². The maximum Gasteiger partial charge on any atom is 0.0280 e. The van der Waals surface area contributed by atoms with E-state index in [9.17, 15) is 0 Å². The van der Waals surface area contributed by atoms with E-state index in [2.05, 4.69) is 41.3 Å². The maximum atomic E-state index is 4.04. The van der Waals surface area contributed by atoms with E-state index in [-0.39, 0.29) is 0 Å². The van der Waals surface area contributed by atoms with Crippen LogP contribution in [0.25, 0.3) is 0 Å². The average Bonchev–Trinajstić information content (AvgIpc) is 2.66. The molecule has 1 aromatic rings.